The number of rotatable bonds is 3. The van der Waals surface area contributed by atoms with E-state index in [2.05, 4.69) is 17.9 Å². The maximum atomic E-state index is 12.9. The van der Waals surface area contributed by atoms with Crippen LogP contribution in [0.25, 0.3) is 0 Å². The van der Waals surface area contributed by atoms with E-state index in [0.717, 1.165) is 12.8 Å². The first-order valence-electron chi connectivity index (χ1n) is 5.51. The molecule has 5 heteroatoms. The first-order valence-corrected chi connectivity index (χ1v) is 5.95. The maximum Gasteiger partial charge on any atom is 0.251 e. The Morgan fingerprint density at radius 2 is 2.24 bits per heavy atom. The SMILES string of the molecule is O=C(NCC1CC(O)C1)c1ccc(F)c(S)c1. The van der Waals surface area contributed by atoms with E-state index in [1.165, 1.54) is 18.2 Å². The third kappa shape index (κ3) is 2.98. The molecule has 0 unspecified atom stereocenters. The Hall–Kier alpha value is -1.07. The molecular formula is C12H14FNO2S. The van der Waals surface area contributed by atoms with E-state index in [1.54, 1.807) is 0 Å². The first kappa shape index (κ1) is 12.4. The Bertz CT molecular complexity index is 433. The van der Waals surface area contributed by atoms with Crippen LogP contribution in [0.5, 0.6) is 0 Å². The van der Waals surface area contributed by atoms with Gasteiger partial charge in [-0.15, -0.1) is 12.6 Å². The van der Waals surface area contributed by atoms with Crippen molar-refractivity contribution in [3.8, 4) is 0 Å². The van der Waals surface area contributed by atoms with Crippen molar-refractivity contribution in [1.82, 2.24) is 5.32 Å². The predicted molar refractivity (Wildman–Crippen MR) is 64.7 cm³/mol. The fraction of sp³-hybridized carbons (Fsp3) is 0.417. The van der Waals surface area contributed by atoms with Gasteiger partial charge in [0, 0.05) is 17.0 Å². The summed E-state index contributed by atoms with van der Waals surface area (Å²) in [4.78, 5) is 11.9. The summed E-state index contributed by atoms with van der Waals surface area (Å²) in [6.45, 7) is 0.551. The standard InChI is InChI=1S/C12H14FNO2S/c13-10-2-1-8(5-11(10)17)12(16)14-6-7-3-9(15)4-7/h1-2,5,7,9,15,17H,3-4,6H2,(H,14,16). The molecule has 1 aromatic rings. The first-order chi connectivity index (χ1) is 8.06. The molecule has 92 valence electrons. The number of carbonyl (C=O) groups excluding carboxylic acids is 1. The highest BCUT2D eigenvalue weighted by Crippen LogP contribution is 2.26. The minimum atomic E-state index is -0.438. The van der Waals surface area contributed by atoms with Crippen molar-refractivity contribution in [2.75, 3.05) is 6.54 Å². The summed E-state index contributed by atoms with van der Waals surface area (Å²) < 4.78 is 12.9. The van der Waals surface area contributed by atoms with Crippen molar-refractivity contribution in [3.05, 3.63) is 29.6 Å². The Balaban J connectivity index is 1.88. The van der Waals surface area contributed by atoms with Gasteiger partial charge in [-0.05, 0) is 37.0 Å². The van der Waals surface area contributed by atoms with Crippen LogP contribution in [0.15, 0.2) is 23.1 Å². The van der Waals surface area contributed by atoms with Gasteiger partial charge in [0.15, 0.2) is 0 Å². The number of thiol groups is 1. The lowest BCUT2D eigenvalue weighted by Gasteiger charge is -2.31. The van der Waals surface area contributed by atoms with Crippen molar-refractivity contribution in [2.45, 2.75) is 23.8 Å². The lowest BCUT2D eigenvalue weighted by molar-refractivity contribution is 0.0420. The van der Waals surface area contributed by atoms with E-state index < -0.39 is 5.82 Å². The summed E-state index contributed by atoms with van der Waals surface area (Å²) in [7, 11) is 0. The van der Waals surface area contributed by atoms with Crippen LogP contribution < -0.4 is 5.32 Å². The Morgan fingerprint density at radius 1 is 1.53 bits per heavy atom. The van der Waals surface area contributed by atoms with Crippen LogP contribution in [0.2, 0.25) is 0 Å². The summed E-state index contributed by atoms with van der Waals surface area (Å²) in [5.74, 6) is -0.321. The highest BCUT2D eigenvalue weighted by molar-refractivity contribution is 7.80. The van der Waals surface area contributed by atoms with Gasteiger partial charge in [0.25, 0.3) is 5.91 Å². The topological polar surface area (TPSA) is 49.3 Å². The van der Waals surface area contributed by atoms with Gasteiger partial charge in [0.2, 0.25) is 0 Å². The molecule has 0 saturated heterocycles. The van der Waals surface area contributed by atoms with E-state index in [-0.39, 0.29) is 16.9 Å². The second-order valence-electron chi connectivity index (χ2n) is 4.37. The third-order valence-corrected chi connectivity index (χ3v) is 3.31. The number of amides is 1. The quantitative estimate of drug-likeness (QED) is 0.719. The lowest BCUT2D eigenvalue weighted by Crippen LogP contribution is -2.38. The molecule has 0 radical (unpaired) electrons. The molecule has 1 amide bonds. The number of hydrogen-bond acceptors (Lipinski definition) is 3. The number of hydrogen-bond donors (Lipinski definition) is 3. The third-order valence-electron chi connectivity index (χ3n) is 2.97. The fourth-order valence-electron chi connectivity index (χ4n) is 1.86. The zero-order chi connectivity index (χ0) is 12.4. The molecule has 1 aromatic carbocycles. The molecule has 2 N–H and O–H groups in total. The highest BCUT2D eigenvalue weighted by Gasteiger charge is 2.27. The van der Waals surface area contributed by atoms with Gasteiger partial charge in [-0.25, -0.2) is 4.39 Å². The average Bonchev–Trinajstić information content (AvgIpc) is 2.26. The maximum absolute atomic E-state index is 12.9. The summed E-state index contributed by atoms with van der Waals surface area (Å²) in [6, 6.07) is 4.06. The minimum absolute atomic E-state index is 0.164. The number of benzene rings is 1. The van der Waals surface area contributed by atoms with Crippen molar-refractivity contribution in [1.29, 1.82) is 0 Å². The van der Waals surface area contributed by atoms with Gasteiger partial charge in [-0.2, -0.15) is 0 Å². The van der Waals surface area contributed by atoms with E-state index >= 15 is 0 Å². The minimum Gasteiger partial charge on any atom is -0.393 e. The summed E-state index contributed by atoms with van der Waals surface area (Å²) in [5, 5.41) is 11.9. The molecule has 1 fully saturated rings. The lowest BCUT2D eigenvalue weighted by atomic mass is 9.82. The monoisotopic (exact) mass is 255 g/mol. The molecule has 17 heavy (non-hydrogen) atoms. The van der Waals surface area contributed by atoms with Crippen LogP contribution in [0, 0.1) is 11.7 Å². The van der Waals surface area contributed by atoms with E-state index in [9.17, 15) is 9.18 Å². The van der Waals surface area contributed by atoms with Gasteiger partial charge in [-0.3, -0.25) is 4.79 Å². The van der Waals surface area contributed by atoms with Crippen molar-refractivity contribution >= 4 is 18.5 Å². The molecule has 0 bridgehead atoms. The second kappa shape index (κ2) is 5.06. The second-order valence-corrected chi connectivity index (χ2v) is 4.85. The average molecular weight is 255 g/mol. The molecular weight excluding hydrogens is 241 g/mol. The summed E-state index contributed by atoms with van der Waals surface area (Å²) in [5.41, 5.74) is 0.399. The van der Waals surface area contributed by atoms with Gasteiger partial charge in [0.1, 0.15) is 5.82 Å². The van der Waals surface area contributed by atoms with Gasteiger partial charge in [0.05, 0.1) is 6.10 Å². The summed E-state index contributed by atoms with van der Waals surface area (Å²) in [6.07, 6.45) is 1.26. The van der Waals surface area contributed by atoms with Crippen LogP contribution in [0.3, 0.4) is 0 Å². The Morgan fingerprint density at radius 3 is 2.82 bits per heavy atom. The van der Waals surface area contributed by atoms with Crippen LogP contribution in [0.1, 0.15) is 23.2 Å². The van der Waals surface area contributed by atoms with Gasteiger partial charge < -0.3 is 10.4 Å². The van der Waals surface area contributed by atoms with Crippen molar-refractivity contribution in [2.24, 2.45) is 5.92 Å². The van der Waals surface area contributed by atoms with E-state index in [0.29, 0.717) is 18.0 Å². The Labute approximate surface area is 104 Å². The van der Waals surface area contributed by atoms with Crippen molar-refractivity contribution in [3.63, 3.8) is 0 Å². The fourth-order valence-corrected chi connectivity index (χ4v) is 2.07. The van der Waals surface area contributed by atoms with E-state index in [1.807, 2.05) is 0 Å². The van der Waals surface area contributed by atoms with Crippen LogP contribution in [-0.4, -0.2) is 23.7 Å². The predicted octanol–water partition coefficient (Wildman–Crippen LogP) is 1.62. The van der Waals surface area contributed by atoms with Crippen LogP contribution in [-0.2, 0) is 0 Å². The zero-order valence-electron chi connectivity index (χ0n) is 9.19. The molecule has 2 rings (SSSR count). The smallest absolute Gasteiger partial charge is 0.251 e. The molecule has 1 saturated carbocycles. The molecule has 0 aliphatic heterocycles. The van der Waals surface area contributed by atoms with Crippen molar-refractivity contribution < 1.29 is 14.3 Å². The van der Waals surface area contributed by atoms with Crippen LogP contribution >= 0.6 is 12.6 Å². The number of carbonyl (C=O) groups is 1. The summed E-state index contributed by atoms with van der Waals surface area (Å²) >= 11 is 3.92. The highest BCUT2D eigenvalue weighted by atomic mass is 32.1. The number of aliphatic hydroxyl groups is 1. The molecule has 0 heterocycles. The largest absolute Gasteiger partial charge is 0.393 e. The van der Waals surface area contributed by atoms with Gasteiger partial charge >= 0.3 is 0 Å². The molecule has 1 aliphatic rings. The van der Waals surface area contributed by atoms with Crippen LogP contribution in [0.4, 0.5) is 4.39 Å². The number of aliphatic hydroxyl groups excluding tert-OH is 1. The Kier molecular flexibility index (Phi) is 3.69. The van der Waals surface area contributed by atoms with E-state index in [4.69, 9.17) is 5.11 Å². The molecule has 1 aliphatic carbocycles. The number of nitrogens with one attached hydrogen (secondary N) is 1. The molecule has 0 atom stereocenters. The number of halogens is 1. The van der Waals surface area contributed by atoms with Gasteiger partial charge in [-0.1, -0.05) is 0 Å². The molecule has 0 spiro atoms. The molecule has 3 nitrogen and oxygen atoms in total. The normalized spacial score (nSPS) is 23.0. The zero-order valence-corrected chi connectivity index (χ0v) is 10.1. The molecule has 0 aromatic heterocycles.